The highest BCUT2D eigenvalue weighted by Gasteiger charge is 2.30. The van der Waals surface area contributed by atoms with Gasteiger partial charge in [-0.15, -0.1) is 0 Å². The highest BCUT2D eigenvalue weighted by atomic mass is 31.2. The summed E-state index contributed by atoms with van der Waals surface area (Å²) in [5.41, 5.74) is 0.210. The van der Waals surface area contributed by atoms with Gasteiger partial charge in [-0.05, 0) is 16.3 Å². The smallest absolute Gasteiger partial charge is 0.432 e. The number of methoxy groups -OCH3 is 1. The quantitative estimate of drug-likeness (QED) is 0.803. The van der Waals surface area contributed by atoms with E-state index in [4.69, 9.17) is 4.74 Å². The summed E-state index contributed by atoms with van der Waals surface area (Å²) >= 11 is 0. The topological polar surface area (TPSA) is 38.7 Å². The van der Waals surface area contributed by atoms with Gasteiger partial charge in [0.15, 0.2) is 0 Å². The number of hydrogen-bond acceptors (Lipinski definition) is 2. The zero-order valence-corrected chi connectivity index (χ0v) is 13.5. The van der Waals surface area contributed by atoms with Crippen LogP contribution in [0.15, 0.2) is 65.4 Å². The molecule has 4 heteroatoms. The van der Waals surface area contributed by atoms with E-state index in [1.165, 1.54) is 7.11 Å². The van der Waals surface area contributed by atoms with Crippen LogP contribution >= 0.6 is 7.05 Å². The monoisotopic (exact) mass is 301 g/mol. The highest BCUT2D eigenvalue weighted by molar-refractivity contribution is 7.81. The maximum absolute atomic E-state index is 11.9. The van der Waals surface area contributed by atoms with Crippen molar-refractivity contribution in [2.75, 3.05) is 7.11 Å². The van der Waals surface area contributed by atoms with Crippen LogP contribution in [0.5, 0.6) is 0 Å². The molecule has 3 nitrogen and oxygen atoms in total. The Balaban J connectivity index is 2.80. The molecule has 2 rings (SSSR count). The molecule has 2 aromatic carbocycles. The lowest BCUT2D eigenvalue weighted by Gasteiger charge is -2.29. The summed E-state index contributed by atoms with van der Waals surface area (Å²) in [6, 6.07) is 20.1. The number of carbonyl (C=O) groups is 1. The zero-order chi connectivity index (χ0) is 15.3. The second-order valence-corrected chi connectivity index (χ2v) is 8.66. The van der Waals surface area contributed by atoms with Crippen LogP contribution in [-0.2, 0) is 4.74 Å². The average Bonchev–Trinajstić information content (AvgIpc) is 2.53. The Morgan fingerprint density at radius 1 is 0.952 bits per heavy atom. The molecule has 0 radical (unpaired) electrons. The van der Waals surface area contributed by atoms with Crippen LogP contribution in [0.4, 0.5) is 4.79 Å². The molecule has 0 saturated carbocycles. The van der Waals surface area contributed by atoms with Crippen LogP contribution in [0.2, 0.25) is 0 Å². The summed E-state index contributed by atoms with van der Waals surface area (Å²) in [6.45, 7) is 4.22. The Kier molecular flexibility index (Phi) is 4.98. The third-order valence-corrected chi connectivity index (χ3v) is 7.61. The second-order valence-electron chi connectivity index (χ2n) is 5.02. The second kappa shape index (κ2) is 6.73. The van der Waals surface area contributed by atoms with Gasteiger partial charge in [0.1, 0.15) is 0 Å². The maximum atomic E-state index is 11.9. The van der Waals surface area contributed by atoms with Gasteiger partial charge in [-0.25, -0.2) is 4.79 Å². The fraction of sp³-hybridized carbons (Fsp3) is 0.235. The first kappa shape index (κ1) is 15.5. The number of rotatable bonds is 3. The number of ether oxygens (including phenoxy) is 1. The minimum atomic E-state index is -2.20. The van der Waals surface area contributed by atoms with Crippen LogP contribution < -0.4 is 10.6 Å². The molecular weight excluding hydrogens is 281 g/mol. The first-order valence-corrected chi connectivity index (χ1v) is 8.73. The van der Waals surface area contributed by atoms with Gasteiger partial charge in [0, 0.05) is 7.05 Å². The summed E-state index contributed by atoms with van der Waals surface area (Å²) in [7, 11) is -0.823. The molecule has 2 aromatic rings. The molecule has 0 aliphatic heterocycles. The average molecular weight is 301 g/mol. The molecule has 0 unspecified atom stereocenters. The minimum Gasteiger partial charge on any atom is -0.451 e. The summed E-state index contributed by atoms with van der Waals surface area (Å²) < 4.78 is 9.34. The highest BCUT2D eigenvalue weighted by Crippen LogP contribution is 2.52. The molecule has 0 saturated heterocycles. The summed E-state index contributed by atoms with van der Waals surface area (Å²) in [5, 5.41) is 2.19. The number of benzene rings is 2. The zero-order valence-electron chi connectivity index (χ0n) is 12.6. The Morgan fingerprint density at radius 2 is 1.38 bits per heavy atom. The Labute approximate surface area is 126 Å². The molecule has 0 N–H and O–H groups in total. The lowest BCUT2D eigenvalue weighted by molar-refractivity contribution is 0.183. The molecule has 0 bridgehead atoms. The molecular formula is C17H20NO2P. The van der Waals surface area contributed by atoms with Gasteiger partial charge < -0.3 is 4.74 Å². The van der Waals surface area contributed by atoms with E-state index >= 15 is 0 Å². The third-order valence-electron chi connectivity index (χ3n) is 3.46. The van der Waals surface area contributed by atoms with Crippen LogP contribution in [0, 0.1) is 0 Å². The predicted octanol–water partition coefficient (Wildman–Crippen LogP) is 4.01. The van der Waals surface area contributed by atoms with Crippen molar-refractivity contribution in [2.24, 2.45) is 4.74 Å². The minimum absolute atomic E-state index is 0.210. The molecule has 0 fully saturated rings. The molecule has 0 heterocycles. The molecule has 0 aromatic heterocycles. The van der Waals surface area contributed by atoms with Crippen molar-refractivity contribution < 1.29 is 9.53 Å². The Bertz CT molecular complexity index is 608. The van der Waals surface area contributed by atoms with Crippen molar-refractivity contribution in [3.63, 3.8) is 0 Å². The van der Waals surface area contributed by atoms with Crippen molar-refractivity contribution >= 4 is 23.8 Å². The predicted molar refractivity (Wildman–Crippen MR) is 89.0 cm³/mol. The summed E-state index contributed by atoms with van der Waals surface area (Å²) in [4.78, 5) is 11.9. The van der Waals surface area contributed by atoms with Gasteiger partial charge in [-0.3, -0.25) is 0 Å². The van der Waals surface area contributed by atoms with E-state index in [0.717, 1.165) is 10.6 Å². The molecule has 21 heavy (non-hydrogen) atoms. The number of hydrogen-bond donors (Lipinski definition) is 0. The van der Waals surface area contributed by atoms with E-state index in [9.17, 15) is 4.79 Å². The first-order valence-electron chi connectivity index (χ1n) is 6.92. The van der Waals surface area contributed by atoms with E-state index in [1.54, 1.807) is 0 Å². The fourth-order valence-electron chi connectivity index (χ4n) is 2.46. The van der Waals surface area contributed by atoms with Crippen molar-refractivity contribution in [1.29, 1.82) is 0 Å². The van der Waals surface area contributed by atoms with Gasteiger partial charge in [-0.1, -0.05) is 74.5 Å². The maximum Gasteiger partial charge on any atom is 0.432 e. The largest absolute Gasteiger partial charge is 0.451 e. The SMILES string of the molecule is COC(=O)N=P(c1ccccc1)(c1ccccc1)C(C)C. The van der Waals surface area contributed by atoms with Crippen LogP contribution in [0.1, 0.15) is 13.8 Å². The normalized spacial score (nSPS) is 11.2. The van der Waals surface area contributed by atoms with E-state index < -0.39 is 13.1 Å². The van der Waals surface area contributed by atoms with Gasteiger partial charge >= 0.3 is 6.09 Å². The standard InChI is InChI=1S/C17H20NO2P/c1-14(2)21(18-17(19)20-3,15-10-6-4-7-11-15)16-12-8-5-9-13-16/h4-14H,1-3H3. The third kappa shape index (κ3) is 3.08. The Hall–Kier alpha value is -1.86. The lowest BCUT2D eigenvalue weighted by atomic mass is 10.4. The van der Waals surface area contributed by atoms with Gasteiger partial charge in [0.2, 0.25) is 0 Å². The van der Waals surface area contributed by atoms with Crippen LogP contribution in [-0.4, -0.2) is 18.9 Å². The first-order chi connectivity index (χ1) is 10.1. The summed E-state index contributed by atoms with van der Waals surface area (Å²) in [5.74, 6) is 0. The fourth-order valence-corrected chi connectivity index (χ4v) is 6.00. The molecule has 1 amide bonds. The summed E-state index contributed by atoms with van der Waals surface area (Å²) in [6.07, 6.45) is -0.510. The van der Waals surface area contributed by atoms with E-state index in [1.807, 2.05) is 60.7 Å². The Morgan fingerprint density at radius 3 is 1.71 bits per heavy atom. The van der Waals surface area contributed by atoms with Gasteiger partial charge in [-0.2, -0.15) is 4.74 Å². The van der Waals surface area contributed by atoms with E-state index in [-0.39, 0.29) is 5.66 Å². The molecule has 0 aliphatic rings. The van der Waals surface area contributed by atoms with E-state index in [2.05, 4.69) is 18.6 Å². The molecule has 110 valence electrons. The van der Waals surface area contributed by atoms with Crippen molar-refractivity contribution in [1.82, 2.24) is 0 Å². The number of amides is 1. The van der Waals surface area contributed by atoms with Gasteiger partial charge in [0.25, 0.3) is 0 Å². The molecule has 0 aliphatic carbocycles. The van der Waals surface area contributed by atoms with Crippen molar-refractivity contribution in [2.45, 2.75) is 19.5 Å². The molecule has 0 atom stereocenters. The molecule has 0 spiro atoms. The number of carbonyl (C=O) groups excluding carboxylic acids is 1. The number of nitrogens with zero attached hydrogens (tertiary/aromatic N) is 1. The van der Waals surface area contributed by atoms with Crippen molar-refractivity contribution in [3.8, 4) is 0 Å². The van der Waals surface area contributed by atoms with Crippen LogP contribution in [0.3, 0.4) is 0 Å². The lowest BCUT2D eigenvalue weighted by Crippen LogP contribution is -2.23. The van der Waals surface area contributed by atoms with Crippen molar-refractivity contribution in [3.05, 3.63) is 60.7 Å². The van der Waals surface area contributed by atoms with Gasteiger partial charge in [0.05, 0.1) is 7.11 Å². The van der Waals surface area contributed by atoms with Crippen LogP contribution in [0.25, 0.3) is 0 Å². The van der Waals surface area contributed by atoms with E-state index in [0.29, 0.717) is 0 Å².